The second-order valence-corrected chi connectivity index (χ2v) is 5.94. The predicted molar refractivity (Wildman–Crippen MR) is 74.8 cm³/mol. The van der Waals surface area contributed by atoms with Gasteiger partial charge in [0.25, 0.3) is 11.8 Å². The third-order valence-corrected chi connectivity index (χ3v) is 4.49. The number of amides is 2. The van der Waals surface area contributed by atoms with E-state index in [1.807, 2.05) is 13.8 Å². The van der Waals surface area contributed by atoms with E-state index in [4.69, 9.17) is 9.05 Å². The van der Waals surface area contributed by atoms with Gasteiger partial charge in [-0.25, -0.2) is 0 Å². The number of hydrogen-bond acceptors (Lipinski definition) is 5. The van der Waals surface area contributed by atoms with Crippen LogP contribution in [0.4, 0.5) is 0 Å². The van der Waals surface area contributed by atoms with Gasteiger partial charge in [0, 0.05) is 14.2 Å². The Morgan fingerprint density at radius 3 is 1.75 bits per heavy atom. The molecule has 0 radical (unpaired) electrons. The topological polar surface area (TPSA) is 72.9 Å². The lowest BCUT2D eigenvalue weighted by molar-refractivity contribution is 0.0667. The lowest BCUT2D eigenvalue weighted by atomic mass is 10.1. The van der Waals surface area contributed by atoms with Gasteiger partial charge < -0.3 is 9.05 Å². The van der Waals surface area contributed by atoms with E-state index >= 15 is 0 Å². The van der Waals surface area contributed by atoms with Gasteiger partial charge in [0.15, 0.2) is 0 Å². The molecule has 0 saturated heterocycles. The van der Waals surface area contributed by atoms with Gasteiger partial charge in [-0.15, -0.1) is 0 Å². The summed E-state index contributed by atoms with van der Waals surface area (Å²) < 4.78 is 21.4. The highest BCUT2D eigenvalue weighted by Gasteiger charge is 2.40. The van der Waals surface area contributed by atoms with Gasteiger partial charge >= 0.3 is 7.60 Å². The van der Waals surface area contributed by atoms with Crippen molar-refractivity contribution in [1.29, 1.82) is 0 Å². The quantitative estimate of drug-likeness (QED) is 0.631. The highest BCUT2D eigenvalue weighted by atomic mass is 31.2. The number of rotatable bonds is 4. The molecule has 0 saturated carbocycles. The Morgan fingerprint density at radius 1 is 1.00 bits per heavy atom. The Kier molecular flexibility index (Phi) is 5.62. The van der Waals surface area contributed by atoms with Gasteiger partial charge in [0.1, 0.15) is 6.29 Å². The molecule has 0 atom stereocenters. The van der Waals surface area contributed by atoms with Gasteiger partial charge in [-0.05, 0) is 12.1 Å². The molecule has 0 unspecified atom stereocenters. The fraction of sp³-hybridized carbons (Fsp3) is 0.385. The van der Waals surface area contributed by atoms with Crippen LogP contribution in [0.3, 0.4) is 0 Å². The van der Waals surface area contributed by atoms with Gasteiger partial charge in [-0.2, -0.15) is 0 Å². The van der Waals surface area contributed by atoms with Gasteiger partial charge in [0.2, 0.25) is 0 Å². The van der Waals surface area contributed by atoms with Crippen LogP contribution in [-0.2, 0) is 13.6 Å². The van der Waals surface area contributed by atoms with Crippen LogP contribution in [0.5, 0.6) is 0 Å². The third-order valence-electron chi connectivity index (χ3n) is 2.75. The van der Waals surface area contributed by atoms with Crippen LogP contribution in [0.15, 0.2) is 24.3 Å². The Labute approximate surface area is 118 Å². The minimum absolute atomic E-state index is 0.307. The molecule has 1 heterocycles. The molecule has 1 aliphatic rings. The highest BCUT2D eigenvalue weighted by molar-refractivity contribution is 7.53. The molecule has 110 valence electrons. The molecule has 1 aromatic carbocycles. The molecule has 7 heteroatoms. The molecule has 0 spiro atoms. The van der Waals surface area contributed by atoms with Crippen LogP contribution in [-0.4, -0.2) is 37.2 Å². The Bertz CT molecular complexity index is 514. The summed E-state index contributed by atoms with van der Waals surface area (Å²) in [5.74, 6) is -0.963. The molecule has 0 fully saturated rings. The smallest absolute Gasteiger partial charge is 0.311 e. The fourth-order valence-corrected chi connectivity index (χ4v) is 2.71. The maximum atomic E-state index is 12.0. The van der Waals surface area contributed by atoms with Crippen molar-refractivity contribution >= 4 is 19.4 Å². The monoisotopic (exact) mass is 299 g/mol. The lowest BCUT2D eigenvalue weighted by Gasteiger charge is -2.19. The van der Waals surface area contributed by atoms with E-state index in [0.717, 1.165) is 4.90 Å². The van der Waals surface area contributed by atoms with Gasteiger partial charge in [-0.1, -0.05) is 26.0 Å². The molecule has 6 nitrogen and oxygen atoms in total. The summed E-state index contributed by atoms with van der Waals surface area (Å²) in [5, 5.41) is 0. The maximum Gasteiger partial charge on any atom is 0.349 e. The van der Waals surface area contributed by atoms with Crippen LogP contribution in [0.25, 0.3) is 0 Å². The first kappa shape index (κ1) is 16.6. The van der Waals surface area contributed by atoms with Crippen molar-refractivity contribution in [2.45, 2.75) is 13.8 Å². The van der Waals surface area contributed by atoms with Crippen LogP contribution >= 0.6 is 7.60 Å². The molecule has 1 aliphatic heterocycles. The minimum atomic E-state index is -3.45. The van der Waals surface area contributed by atoms with Crippen LogP contribution in [0.1, 0.15) is 34.6 Å². The molecule has 0 bridgehead atoms. The molecule has 0 N–H and O–H groups in total. The van der Waals surface area contributed by atoms with E-state index in [9.17, 15) is 14.2 Å². The normalized spacial score (nSPS) is 13.9. The van der Waals surface area contributed by atoms with E-state index in [2.05, 4.69) is 0 Å². The van der Waals surface area contributed by atoms with Crippen LogP contribution < -0.4 is 0 Å². The maximum absolute atomic E-state index is 12.0. The minimum Gasteiger partial charge on any atom is -0.311 e. The molecular formula is C13H18NO5P. The SMILES string of the molecule is CC.COP(=O)(CN1C(=O)c2ccccc2C1=O)OC. The van der Waals surface area contributed by atoms with Crippen molar-refractivity contribution in [3.8, 4) is 0 Å². The summed E-state index contributed by atoms with van der Waals surface area (Å²) in [6, 6.07) is 6.44. The zero-order valence-electron chi connectivity index (χ0n) is 12.0. The van der Waals surface area contributed by atoms with Gasteiger partial charge in [-0.3, -0.25) is 19.1 Å². The Morgan fingerprint density at radius 2 is 1.40 bits per heavy atom. The van der Waals surface area contributed by atoms with Crippen LogP contribution in [0, 0.1) is 0 Å². The second kappa shape index (κ2) is 6.79. The molecule has 2 amide bonds. The molecule has 0 aromatic heterocycles. The first-order valence-electron chi connectivity index (χ1n) is 6.18. The predicted octanol–water partition coefficient (Wildman–Crippen LogP) is 2.75. The summed E-state index contributed by atoms with van der Waals surface area (Å²) in [4.78, 5) is 24.9. The zero-order chi connectivity index (χ0) is 15.3. The van der Waals surface area contributed by atoms with Crippen molar-refractivity contribution in [2.75, 3.05) is 20.5 Å². The Balaban J connectivity index is 0.000000956. The summed E-state index contributed by atoms with van der Waals surface area (Å²) in [7, 11) is -1.03. The van der Waals surface area contributed by atoms with E-state index in [1.165, 1.54) is 14.2 Å². The average Bonchev–Trinajstić information content (AvgIpc) is 2.74. The molecular weight excluding hydrogens is 281 g/mol. The first-order chi connectivity index (χ1) is 9.52. The summed E-state index contributed by atoms with van der Waals surface area (Å²) in [5.41, 5.74) is 0.613. The highest BCUT2D eigenvalue weighted by Crippen LogP contribution is 2.47. The van der Waals surface area contributed by atoms with Gasteiger partial charge in [0.05, 0.1) is 11.1 Å². The second-order valence-electron chi connectivity index (χ2n) is 3.70. The number of benzene rings is 1. The van der Waals surface area contributed by atoms with E-state index < -0.39 is 19.4 Å². The first-order valence-corrected chi connectivity index (χ1v) is 7.91. The van der Waals surface area contributed by atoms with E-state index in [0.29, 0.717) is 11.1 Å². The van der Waals surface area contributed by atoms with Crippen molar-refractivity contribution in [2.24, 2.45) is 0 Å². The largest absolute Gasteiger partial charge is 0.349 e. The molecule has 1 aromatic rings. The lowest BCUT2D eigenvalue weighted by Crippen LogP contribution is -2.31. The van der Waals surface area contributed by atoms with Crippen molar-refractivity contribution < 1.29 is 23.2 Å². The number of carbonyl (C=O) groups excluding carboxylic acids is 2. The fourth-order valence-electron chi connectivity index (χ4n) is 1.73. The van der Waals surface area contributed by atoms with Crippen molar-refractivity contribution in [3.05, 3.63) is 35.4 Å². The van der Waals surface area contributed by atoms with Crippen molar-refractivity contribution in [3.63, 3.8) is 0 Å². The van der Waals surface area contributed by atoms with E-state index in [-0.39, 0.29) is 6.29 Å². The zero-order valence-corrected chi connectivity index (χ0v) is 12.8. The number of fused-ring (bicyclic) bond motifs is 1. The summed E-state index contributed by atoms with van der Waals surface area (Å²) >= 11 is 0. The molecule has 2 rings (SSSR count). The Hall–Kier alpha value is -1.49. The number of nitrogens with zero attached hydrogens (tertiary/aromatic N) is 1. The number of carbonyl (C=O) groups is 2. The number of hydrogen-bond donors (Lipinski definition) is 0. The molecule has 0 aliphatic carbocycles. The standard InChI is InChI=1S/C11H12NO5P.C2H6/c1-16-18(15,17-2)7-12-10(13)8-5-3-4-6-9(8)11(12)14;1-2/h3-6H,7H2,1-2H3;1-2H3. The average molecular weight is 299 g/mol. The van der Waals surface area contributed by atoms with Crippen LogP contribution in [0.2, 0.25) is 0 Å². The summed E-state index contributed by atoms with van der Waals surface area (Å²) in [6.45, 7) is 4.00. The number of imide groups is 1. The van der Waals surface area contributed by atoms with E-state index in [1.54, 1.807) is 24.3 Å². The third kappa shape index (κ3) is 2.98. The molecule has 20 heavy (non-hydrogen) atoms. The summed E-state index contributed by atoms with van der Waals surface area (Å²) in [6.07, 6.45) is -0.383. The van der Waals surface area contributed by atoms with Crippen molar-refractivity contribution in [1.82, 2.24) is 4.90 Å².